The zero-order valence-corrected chi connectivity index (χ0v) is 11.0. The molecule has 0 spiro atoms. The Hall–Kier alpha value is -2.07. The Morgan fingerprint density at radius 1 is 1.05 bits per heavy atom. The lowest BCUT2D eigenvalue weighted by atomic mass is 9.99. The van der Waals surface area contributed by atoms with Gasteiger partial charge in [-0.25, -0.2) is 4.39 Å². The number of hydrogen-bond acceptors (Lipinski definition) is 3. The van der Waals surface area contributed by atoms with Crippen molar-refractivity contribution in [2.24, 2.45) is 5.73 Å². The molecule has 1 heterocycles. The lowest BCUT2D eigenvalue weighted by Crippen LogP contribution is -2.17. The minimum Gasteiger partial charge on any atom is -0.486 e. The van der Waals surface area contributed by atoms with Crippen molar-refractivity contribution in [3.8, 4) is 11.5 Å². The molecule has 2 aromatic carbocycles. The Morgan fingerprint density at radius 3 is 2.60 bits per heavy atom. The van der Waals surface area contributed by atoms with Crippen LogP contribution in [0.25, 0.3) is 0 Å². The number of nitrogens with two attached hydrogens (primary N) is 1. The Balaban J connectivity index is 1.80. The number of ether oxygens (including phenoxy) is 2. The molecule has 0 saturated heterocycles. The van der Waals surface area contributed by atoms with Gasteiger partial charge in [0.05, 0.1) is 0 Å². The third-order valence-electron chi connectivity index (χ3n) is 3.39. The van der Waals surface area contributed by atoms with Gasteiger partial charge < -0.3 is 15.2 Å². The third kappa shape index (κ3) is 2.60. The van der Waals surface area contributed by atoms with E-state index in [0.29, 0.717) is 30.9 Å². The third-order valence-corrected chi connectivity index (χ3v) is 3.39. The van der Waals surface area contributed by atoms with Crippen LogP contribution in [-0.2, 0) is 6.42 Å². The van der Waals surface area contributed by atoms with Crippen molar-refractivity contribution in [3.05, 3.63) is 59.4 Å². The van der Waals surface area contributed by atoms with Crippen molar-refractivity contribution < 1.29 is 13.9 Å². The number of halogens is 1. The summed E-state index contributed by atoms with van der Waals surface area (Å²) < 4.78 is 24.6. The molecule has 2 aromatic rings. The average molecular weight is 273 g/mol. The summed E-state index contributed by atoms with van der Waals surface area (Å²) in [7, 11) is 0. The van der Waals surface area contributed by atoms with E-state index in [4.69, 9.17) is 15.2 Å². The van der Waals surface area contributed by atoms with Crippen LogP contribution in [-0.4, -0.2) is 13.2 Å². The van der Waals surface area contributed by atoms with Crippen molar-refractivity contribution in [3.63, 3.8) is 0 Å². The van der Waals surface area contributed by atoms with Crippen molar-refractivity contribution in [2.75, 3.05) is 13.2 Å². The van der Waals surface area contributed by atoms with E-state index in [0.717, 1.165) is 11.3 Å². The van der Waals surface area contributed by atoms with Gasteiger partial charge in [0.1, 0.15) is 19.0 Å². The molecule has 3 rings (SSSR count). The second-order valence-electron chi connectivity index (χ2n) is 4.81. The van der Waals surface area contributed by atoms with Crippen LogP contribution in [0.5, 0.6) is 11.5 Å². The second kappa shape index (κ2) is 5.51. The molecule has 3 nitrogen and oxygen atoms in total. The second-order valence-corrected chi connectivity index (χ2v) is 4.81. The van der Waals surface area contributed by atoms with E-state index >= 15 is 0 Å². The molecule has 0 aromatic heterocycles. The molecule has 1 aliphatic rings. The first-order valence-electron chi connectivity index (χ1n) is 6.62. The highest BCUT2D eigenvalue weighted by Crippen LogP contribution is 2.32. The van der Waals surface area contributed by atoms with Gasteiger partial charge in [-0.2, -0.15) is 0 Å². The van der Waals surface area contributed by atoms with E-state index in [2.05, 4.69) is 0 Å². The first-order valence-corrected chi connectivity index (χ1v) is 6.62. The predicted molar refractivity (Wildman–Crippen MR) is 74.5 cm³/mol. The monoisotopic (exact) mass is 273 g/mol. The molecule has 1 aliphatic heterocycles. The Labute approximate surface area is 117 Å². The minimum absolute atomic E-state index is 0.222. The van der Waals surface area contributed by atoms with E-state index in [1.54, 1.807) is 12.1 Å². The summed E-state index contributed by atoms with van der Waals surface area (Å²) in [5.74, 6) is 1.22. The quantitative estimate of drug-likeness (QED) is 0.935. The highest BCUT2D eigenvalue weighted by atomic mass is 19.1. The zero-order valence-electron chi connectivity index (χ0n) is 11.0. The Kier molecular flexibility index (Phi) is 3.56. The summed E-state index contributed by atoms with van der Waals surface area (Å²) in [5, 5.41) is 0. The normalized spacial score (nSPS) is 14.9. The Morgan fingerprint density at radius 2 is 1.80 bits per heavy atom. The molecular formula is C16H16FNO2. The maximum Gasteiger partial charge on any atom is 0.161 e. The first kappa shape index (κ1) is 12.9. The highest BCUT2D eigenvalue weighted by molar-refractivity contribution is 5.44. The predicted octanol–water partition coefficient (Wildman–Crippen LogP) is 2.84. The fourth-order valence-electron chi connectivity index (χ4n) is 2.31. The van der Waals surface area contributed by atoms with Gasteiger partial charge in [0, 0.05) is 6.04 Å². The van der Waals surface area contributed by atoms with E-state index in [1.165, 1.54) is 6.07 Å². The minimum atomic E-state index is -0.275. The molecule has 4 heteroatoms. The van der Waals surface area contributed by atoms with E-state index in [-0.39, 0.29) is 11.9 Å². The van der Waals surface area contributed by atoms with Gasteiger partial charge in [-0.15, -0.1) is 0 Å². The van der Waals surface area contributed by atoms with Crippen LogP contribution in [0.4, 0.5) is 4.39 Å². The lowest BCUT2D eigenvalue weighted by molar-refractivity contribution is 0.171. The largest absolute Gasteiger partial charge is 0.486 e. The lowest BCUT2D eigenvalue weighted by Gasteiger charge is -2.20. The van der Waals surface area contributed by atoms with Gasteiger partial charge in [-0.05, 0) is 35.7 Å². The first-order chi connectivity index (χ1) is 9.74. The maximum atomic E-state index is 13.6. The Bertz CT molecular complexity index is 615. The van der Waals surface area contributed by atoms with Crippen LogP contribution < -0.4 is 15.2 Å². The molecular weight excluding hydrogens is 257 g/mol. The van der Waals surface area contributed by atoms with Crippen molar-refractivity contribution in [1.29, 1.82) is 0 Å². The van der Waals surface area contributed by atoms with Gasteiger partial charge in [0.2, 0.25) is 0 Å². The van der Waals surface area contributed by atoms with Crippen molar-refractivity contribution in [2.45, 2.75) is 12.5 Å². The molecule has 0 bridgehead atoms. The molecule has 0 aliphatic carbocycles. The van der Waals surface area contributed by atoms with Gasteiger partial charge >= 0.3 is 0 Å². The molecule has 0 fully saturated rings. The van der Waals surface area contributed by atoms with Crippen LogP contribution >= 0.6 is 0 Å². The summed E-state index contributed by atoms with van der Waals surface area (Å²) >= 11 is 0. The molecule has 0 amide bonds. The molecule has 2 N–H and O–H groups in total. The fraction of sp³-hybridized carbons (Fsp3) is 0.250. The van der Waals surface area contributed by atoms with Crippen LogP contribution in [0.15, 0.2) is 42.5 Å². The van der Waals surface area contributed by atoms with Gasteiger partial charge in [0.15, 0.2) is 11.5 Å². The smallest absolute Gasteiger partial charge is 0.161 e. The number of hydrogen-bond donors (Lipinski definition) is 1. The highest BCUT2D eigenvalue weighted by Gasteiger charge is 2.15. The molecule has 0 radical (unpaired) electrons. The van der Waals surface area contributed by atoms with Gasteiger partial charge in [0.25, 0.3) is 0 Å². The van der Waals surface area contributed by atoms with E-state index in [9.17, 15) is 4.39 Å². The summed E-state index contributed by atoms with van der Waals surface area (Å²) in [6, 6.07) is 12.1. The average Bonchev–Trinajstić information content (AvgIpc) is 2.49. The molecule has 0 saturated carbocycles. The van der Waals surface area contributed by atoms with Crippen LogP contribution in [0.3, 0.4) is 0 Å². The summed E-state index contributed by atoms with van der Waals surface area (Å²) in [6.07, 6.45) is 0.451. The molecule has 1 unspecified atom stereocenters. The van der Waals surface area contributed by atoms with Crippen LogP contribution in [0, 0.1) is 5.82 Å². The number of benzene rings is 2. The summed E-state index contributed by atoms with van der Waals surface area (Å²) in [4.78, 5) is 0. The SMILES string of the molecule is NC(Cc1ccccc1F)c1ccc2c(c1)OCCO2. The molecule has 1 atom stereocenters. The van der Waals surface area contributed by atoms with Crippen LogP contribution in [0.2, 0.25) is 0 Å². The number of rotatable bonds is 3. The van der Waals surface area contributed by atoms with Gasteiger partial charge in [-0.3, -0.25) is 0 Å². The molecule has 104 valence electrons. The summed E-state index contributed by atoms with van der Waals surface area (Å²) in [5.41, 5.74) is 7.70. The standard InChI is InChI=1S/C16H16FNO2/c17-13-4-2-1-3-11(13)9-14(18)12-5-6-15-16(10-12)20-8-7-19-15/h1-6,10,14H,7-9,18H2. The van der Waals surface area contributed by atoms with E-state index in [1.807, 2.05) is 24.3 Å². The van der Waals surface area contributed by atoms with Crippen LogP contribution in [0.1, 0.15) is 17.2 Å². The van der Waals surface area contributed by atoms with E-state index < -0.39 is 0 Å². The fourth-order valence-corrected chi connectivity index (χ4v) is 2.31. The maximum absolute atomic E-state index is 13.6. The van der Waals surface area contributed by atoms with Crippen molar-refractivity contribution >= 4 is 0 Å². The zero-order chi connectivity index (χ0) is 13.9. The van der Waals surface area contributed by atoms with Gasteiger partial charge in [-0.1, -0.05) is 24.3 Å². The van der Waals surface area contributed by atoms with Crippen molar-refractivity contribution in [1.82, 2.24) is 0 Å². The molecule has 20 heavy (non-hydrogen) atoms. The topological polar surface area (TPSA) is 44.5 Å². The summed E-state index contributed by atoms with van der Waals surface area (Å²) in [6.45, 7) is 1.10. The number of fused-ring (bicyclic) bond motifs is 1.